The zero-order valence-corrected chi connectivity index (χ0v) is 17.8. The fourth-order valence-electron chi connectivity index (χ4n) is 3.65. The number of carbonyl (C=O) groups is 1. The summed E-state index contributed by atoms with van der Waals surface area (Å²) in [6, 6.07) is 5.30. The number of hydrogen-bond acceptors (Lipinski definition) is 7. The molecule has 4 rings (SSSR count). The highest BCUT2D eigenvalue weighted by molar-refractivity contribution is 6.09. The molecule has 1 atom stereocenters. The molecule has 1 aromatic carbocycles. The molecule has 1 amide bonds. The highest BCUT2D eigenvalue weighted by Crippen LogP contribution is 2.34. The Kier molecular flexibility index (Phi) is 6.48. The van der Waals surface area contributed by atoms with E-state index < -0.39 is 29.6 Å². The van der Waals surface area contributed by atoms with Gasteiger partial charge in [-0.05, 0) is 24.3 Å². The van der Waals surface area contributed by atoms with Gasteiger partial charge in [-0.25, -0.2) is 9.37 Å². The summed E-state index contributed by atoms with van der Waals surface area (Å²) in [7, 11) is 1.38. The number of hydrogen-bond donors (Lipinski definition) is 1. The summed E-state index contributed by atoms with van der Waals surface area (Å²) in [4.78, 5) is 19.0. The van der Waals surface area contributed by atoms with Gasteiger partial charge in [0, 0.05) is 25.2 Å². The van der Waals surface area contributed by atoms with Gasteiger partial charge in [-0.3, -0.25) is 4.79 Å². The molecule has 0 aliphatic carbocycles. The Morgan fingerprint density at radius 3 is 2.71 bits per heavy atom. The largest absolute Gasteiger partial charge is 0.488 e. The van der Waals surface area contributed by atoms with Gasteiger partial charge in [-0.15, -0.1) is 0 Å². The molecule has 34 heavy (non-hydrogen) atoms. The molecule has 1 saturated heterocycles. The van der Waals surface area contributed by atoms with Crippen molar-refractivity contribution in [2.75, 3.05) is 30.4 Å². The van der Waals surface area contributed by atoms with E-state index in [1.807, 2.05) is 4.90 Å². The van der Waals surface area contributed by atoms with Crippen molar-refractivity contribution >= 4 is 17.3 Å². The Hall–Kier alpha value is -3.96. The van der Waals surface area contributed by atoms with Crippen molar-refractivity contribution in [2.45, 2.75) is 18.7 Å². The zero-order valence-electron chi connectivity index (χ0n) is 17.8. The molecule has 12 heteroatoms. The van der Waals surface area contributed by atoms with E-state index in [2.05, 4.69) is 20.5 Å². The lowest BCUT2D eigenvalue weighted by molar-refractivity contribution is -0.137. The maximum atomic E-state index is 13.7. The first-order chi connectivity index (χ1) is 16.2. The first kappa shape index (κ1) is 23.2. The quantitative estimate of drug-likeness (QED) is 0.538. The fraction of sp³-hybridized carbons (Fsp3) is 0.273. The molecule has 1 N–H and O–H groups in total. The molecule has 1 aliphatic rings. The zero-order chi connectivity index (χ0) is 24.3. The molecule has 0 spiro atoms. The highest BCUT2D eigenvalue weighted by atomic mass is 19.4. The molecule has 1 aliphatic heterocycles. The van der Waals surface area contributed by atoms with Crippen molar-refractivity contribution in [3.8, 4) is 11.6 Å². The second kappa shape index (κ2) is 9.49. The van der Waals surface area contributed by atoms with Crippen LogP contribution in [0.2, 0.25) is 0 Å². The molecular weight excluding hydrogens is 458 g/mol. The number of amides is 1. The second-order valence-corrected chi connectivity index (χ2v) is 7.45. The van der Waals surface area contributed by atoms with E-state index in [-0.39, 0.29) is 23.7 Å². The molecule has 0 saturated carbocycles. The molecule has 1 fully saturated rings. The van der Waals surface area contributed by atoms with E-state index in [0.29, 0.717) is 30.4 Å². The number of anilines is 2. The molecule has 3 heterocycles. The van der Waals surface area contributed by atoms with Gasteiger partial charge >= 0.3 is 6.18 Å². The summed E-state index contributed by atoms with van der Waals surface area (Å²) in [5.41, 5.74) is -0.0212. The van der Waals surface area contributed by atoms with Crippen LogP contribution in [0.3, 0.4) is 0 Å². The van der Waals surface area contributed by atoms with Crippen molar-refractivity contribution in [1.82, 2.24) is 15.2 Å². The molecule has 8 nitrogen and oxygen atoms in total. The predicted octanol–water partition coefficient (Wildman–Crippen LogP) is 3.95. The minimum absolute atomic E-state index is 0.0985. The Morgan fingerprint density at radius 2 is 2.00 bits per heavy atom. The van der Waals surface area contributed by atoms with Crippen LogP contribution in [0.15, 0.2) is 48.9 Å². The third-order valence-electron chi connectivity index (χ3n) is 5.14. The van der Waals surface area contributed by atoms with Crippen LogP contribution < -0.4 is 19.7 Å². The molecule has 0 unspecified atom stereocenters. The Morgan fingerprint density at radius 1 is 1.18 bits per heavy atom. The lowest BCUT2D eigenvalue weighted by Gasteiger charge is -2.23. The minimum atomic E-state index is -4.69. The third kappa shape index (κ3) is 5.16. The number of nitrogens with one attached hydrogen (secondary N) is 1. The minimum Gasteiger partial charge on any atom is -0.488 e. The second-order valence-electron chi connectivity index (χ2n) is 7.45. The smallest absolute Gasteiger partial charge is 0.416 e. The topological polar surface area (TPSA) is 89.5 Å². The van der Waals surface area contributed by atoms with Crippen molar-refractivity contribution in [2.24, 2.45) is 0 Å². The number of ether oxygens (including phenoxy) is 2. The van der Waals surface area contributed by atoms with Gasteiger partial charge < -0.3 is 19.7 Å². The summed E-state index contributed by atoms with van der Waals surface area (Å²) in [6.07, 6.45) is -0.484. The summed E-state index contributed by atoms with van der Waals surface area (Å²) < 4.78 is 63.6. The van der Waals surface area contributed by atoms with Crippen LogP contribution in [-0.4, -0.2) is 47.4 Å². The summed E-state index contributed by atoms with van der Waals surface area (Å²) in [5.74, 6) is -1.64. The Bertz CT molecular complexity index is 1180. The summed E-state index contributed by atoms with van der Waals surface area (Å²) in [6.45, 7) is 0.693. The number of aromatic nitrogens is 3. The highest BCUT2D eigenvalue weighted by Gasteiger charge is 2.33. The van der Waals surface area contributed by atoms with Crippen molar-refractivity contribution < 1.29 is 31.8 Å². The van der Waals surface area contributed by atoms with Gasteiger partial charge in [0.25, 0.3) is 5.91 Å². The van der Waals surface area contributed by atoms with E-state index in [1.165, 1.54) is 25.7 Å². The number of halogens is 4. The standard InChI is InChI=1S/C22H19F4N5O3/c1-33-21-19(20(32)30-15-2-6-28-29-11-15)18(3-5-27-21)31-7-4-16(12-31)34-17-9-13(22(24,25)26)8-14(23)10-17/h2-3,5-6,8-11,16H,4,7,12H2,1H3,(H,28,30,32)/t16-/m1/s1. The third-order valence-corrected chi connectivity index (χ3v) is 5.14. The van der Waals surface area contributed by atoms with Gasteiger partial charge in [-0.1, -0.05) is 0 Å². The van der Waals surface area contributed by atoms with Crippen LogP contribution in [0.1, 0.15) is 22.3 Å². The first-order valence-corrected chi connectivity index (χ1v) is 10.1. The van der Waals surface area contributed by atoms with Gasteiger partial charge in [0.2, 0.25) is 5.88 Å². The first-order valence-electron chi connectivity index (χ1n) is 10.1. The average molecular weight is 477 g/mol. The Balaban J connectivity index is 1.54. The lowest BCUT2D eigenvalue weighted by atomic mass is 10.2. The number of methoxy groups -OCH3 is 1. The van der Waals surface area contributed by atoms with Gasteiger partial charge in [0.15, 0.2) is 0 Å². The van der Waals surface area contributed by atoms with E-state index >= 15 is 0 Å². The van der Waals surface area contributed by atoms with Crippen LogP contribution in [0.4, 0.5) is 28.9 Å². The molecule has 0 radical (unpaired) electrons. The van der Waals surface area contributed by atoms with E-state index in [4.69, 9.17) is 9.47 Å². The number of nitrogens with zero attached hydrogens (tertiary/aromatic N) is 4. The predicted molar refractivity (Wildman–Crippen MR) is 113 cm³/mol. The van der Waals surface area contributed by atoms with E-state index in [9.17, 15) is 22.4 Å². The van der Waals surface area contributed by atoms with Crippen LogP contribution >= 0.6 is 0 Å². The molecule has 178 valence electrons. The SMILES string of the molecule is COc1nccc(N2CC[C@@H](Oc3cc(F)cc(C(F)(F)F)c3)C2)c1C(=O)Nc1ccnnc1. The number of alkyl halides is 3. The summed E-state index contributed by atoms with van der Waals surface area (Å²) in [5, 5.41) is 10.1. The average Bonchev–Trinajstić information content (AvgIpc) is 3.26. The number of pyridine rings is 1. The van der Waals surface area contributed by atoms with E-state index in [1.54, 1.807) is 12.1 Å². The summed E-state index contributed by atoms with van der Waals surface area (Å²) >= 11 is 0. The van der Waals surface area contributed by atoms with Crippen LogP contribution in [0.25, 0.3) is 0 Å². The van der Waals surface area contributed by atoms with Gasteiger partial charge in [-0.2, -0.15) is 23.4 Å². The number of benzene rings is 1. The maximum Gasteiger partial charge on any atom is 0.416 e. The van der Waals surface area contributed by atoms with Crippen LogP contribution in [0.5, 0.6) is 11.6 Å². The molecule has 0 bridgehead atoms. The molecular formula is C22H19F4N5O3. The van der Waals surface area contributed by atoms with Crippen molar-refractivity contribution in [3.63, 3.8) is 0 Å². The number of rotatable bonds is 6. The normalized spacial score (nSPS) is 15.8. The van der Waals surface area contributed by atoms with Crippen LogP contribution in [0, 0.1) is 5.82 Å². The molecule has 3 aromatic rings. The lowest BCUT2D eigenvalue weighted by Crippen LogP contribution is -2.27. The number of carbonyl (C=O) groups excluding carboxylic acids is 1. The monoisotopic (exact) mass is 477 g/mol. The van der Waals surface area contributed by atoms with Crippen LogP contribution in [-0.2, 0) is 6.18 Å². The van der Waals surface area contributed by atoms with Gasteiger partial charge in [0.1, 0.15) is 23.2 Å². The van der Waals surface area contributed by atoms with Crippen molar-refractivity contribution in [3.05, 3.63) is 65.9 Å². The van der Waals surface area contributed by atoms with E-state index in [0.717, 1.165) is 12.1 Å². The fourth-order valence-corrected chi connectivity index (χ4v) is 3.65. The van der Waals surface area contributed by atoms with Gasteiger partial charge in [0.05, 0.1) is 43.0 Å². The Labute approximate surface area is 191 Å². The maximum absolute atomic E-state index is 13.7. The van der Waals surface area contributed by atoms with Crippen molar-refractivity contribution in [1.29, 1.82) is 0 Å². The molecule has 2 aromatic heterocycles.